The van der Waals surface area contributed by atoms with Gasteiger partial charge in [0.25, 0.3) is 0 Å². The van der Waals surface area contributed by atoms with Crippen molar-refractivity contribution in [3.63, 3.8) is 0 Å². The number of methoxy groups -OCH3 is 1. The third-order valence-electron chi connectivity index (χ3n) is 5.98. The van der Waals surface area contributed by atoms with E-state index >= 15 is 0 Å². The lowest BCUT2D eigenvalue weighted by Crippen LogP contribution is -2.28. The van der Waals surface area contributed by atoms with E-state index in [1.807, 2.05) is 0 Å². The summed E-state index contributed by atoms with van der Waals surface area (Å²) in [6, 6.07) is 0. The fraction of sp³-hybridized carbons (Fsp3) is 0.667. The summed E-state index contributed by atoms with van der Waals surface area (Å²) < 4.78 is 4.97. The number of carboxylic acid groups (broad SMARTS) is 1. The van der Waals surface area contributed by atoms with Crippen LogP contribution in [0.2, 0.25) is 0 Å². The van der Waals surface area contributed by atoms with Crippen LogP contribution in [0.5, 0.6) is 0 Å². The summed E-state index contributed by atoms with van der Waals surface area (Å²) >= 11 is 1.46. The van der Waals surface area contributed by atoms with E-state index in [9.17, 15) is 14.4 Å². The predicted octanol–water partition coefficient (Wildman–Crippen LogP) is 4.52. The van der Waals surface area contributed by atoms with E-state index < -0.39 is 11.9 Å². The normalized spacial score (nSPS) is 17.5. The number of carbonyl (C=O) groups excluding carboxylic acids is 2. The Hall–Kier alpha value is -1.89. The van der Waals surface area contributed by atoms with Gasteiger partial charge in [-0.1, -0.05) is 34.1 Å². The highest BCUT2D eigenvalue weighted by Crippen LogP contribution is 2.45. The van der Waals surface area contributed by atoms with Crippen molar-refractivity contribution in [2.45, 2.75) is 66.2 Å². The fourth-order valence-electron chi connectivity index (χ4n) is 3.81. The smallest absolute Gasteiger partial charge is 0.341 e. The minimum Gasteiger partial charge on any atom is -0.481 e. The highest BCUT2D eigenvalue weighted by Gasteiger charge is 2.35. The van der Waals surface area contributed by atoms with Crippen LogP contribution < -0.4 is 5.32 Å². The monoisotopic (exact) mass is 409 g/mol. The van der Waals surface area contributed by atoms with Crippen molar-refractivity contribution in [3.8, 4) is 0 Å². The van der Waals surface area contributed by atoms with Crippen LogP contribution in [0.1, 0.15) is 74.2 Å². The Kier molecular flexibility index (Phi) is 7.26. The Bertz CT molecular complexity index is 752. The third kappa shape index (κ3) is 5.13. The molecule has 0 saturated carbocycles. The van der Waals surface area contributed by atoms with E-state index in [-0.39, 0.29) is 30.1 Å². The SMILES string of the molecule is CCC(C)(C)[C@@H]1CCc2c(sc(NC(=O)C[C@H](C)CC(=O)O)c2C(=O)OC)C1. The molecule has 2 atom stereocenters. The minimum absolute atomic E-state index is 0.0635. The largest absolute Gasteiger partial charge is 0.481 e. The zero-order valence-corrected chi connectivity index (χ0v) is 18.2. The lowest BCUT2D eigenvalue weighted by Gasteiger charge is -2.36. The molecule has 0 fully saturated rings. The van der Waals surface area contributed by atoms with Gasteiger partial charge < -0.3 is 15.2 Å². The van der Waals surface area contributed by atoms with Crippen LogP contribution in [-0.4, -0.2) is 30.1 Å². The molecule has 7 heteroatoms. The number of hydrogen-bond donors (Lipinski definition) is 2. The molecule has 0 spiro atoms. The van der Waals surface area contributed by atoms with Gasteiger partial charge >= 0.3 is 11.9 Å². The molecule has 1 aromatic rings. The van der Waals surface area contributed by atoms with Gasteiger partial charge in [-0.25, -0.2) is 4.79 Å². The molecule has 2 rings (SSSR count). The number of thiophene rings is 1. The number of rotatable bonds is 8. The van der Waals surface area contributed by atoms with Crippen LogP contribution in [0.15, 0.2) is 0 Å². The Morgan fingerprint density at radius 3 is 2.57 bits per heavy atom. The van der Waals surface area contributed by atoms with Gasteiger partial charge in [-0.2, -0.15) is 0 Å². The molecule has 0 radical (unpaired) electrons. The number of fused-ring (bicyclic) bond motifs is 1. The van der Waals surface area contributed by atoms with E-state index in [1.54, 1.807) is 6.92 Å². The first-order chi connectivity index (χ1) is 13.1. The van der Waals surface area contributed by atoms with Crippen LogP contribution in [0.4, 0.5) is 5.00 Å². The summed E-state index contributed by atoms with van der Waals surface area (Å²) in [4.78, 5) is 36.8. The van der Waals surface area contributed by atoms with Gasteiger partial charge in [0.1, 0.15) is 5.00 Å². The predicted molar refractivity (Wildman–Crippen MR) is 110 cm³/mol. The van der Waals surface area contributed by atoms with Gasteiger partial charge in [-0.15, -0.1) is 11.3 Å². The van der Waals surface area contributed by atoms with Crippen LogP contribution in [0, 0.1) is 17.3 Å². The number of ether oxygens (including phenoxy) is 1. The van der Waals surface area contributed by atoms with Gasteiger partial charge in [0.15, 0.2) is 0 Å². The second kappa shape index (κ2) is 9.07. The van der Waals surface area contributed by atoms with Crippen LogP contribution >= 0.6 is 11.3 Å². The summed E-state index contributed by atoms with van der Waals surface area (Å²) in [6.07, 6.45) is 3.84. The summed E-state index contributed by atoms with van der Waals surface area (Å²) in [5.41, 5.74) is 1.69. The molecule has 1 aliphatic carbocycles. The Morgan fingerprint density at radius 1 is 1.32 bits per heavy atom. The molecule has 0 aromatic carbocycles. The number of nitrogens with one attached hydrogen (secondary N) is 1. The van der Waals surface area contributed by atoms with E-state index in [2.05, 4.69) is 26.1 Å². The average molecular weight is 410 g/mol. The molecule has 1 aliphatic rings. The molecule has 2 N–H and O–H groups in total. The second-order valence-corrected chi connectivity index (χ2v) is 9.54. The highest BCUT2D eigenvalue weighted by molar-refractivity contribution is 7.17. The number of esters is 1. The molecule has 1 aromatic heterocycles. The Balaban J connectivity index is 2.24. The van der Waals surface area contributed by atoms with Gasteiger partial charge in [-0.3, -0.25) is 9.59 Å². The van der Waals surface area contributed by atoms with Gasteiger partial charge in [0, 0.05) is 17.7 Å². The molecular weight excluding hydrogens is 378 g/mol. The molecule has 28 heavy (non-hydrogen) atoms. The minimum atomic E-state index is -0.924. The number of carboxylic acids is 1. The molecule has 6 nitrogen and oxygen atoms in total. The zero-order valence-electron chi connectivity index (χ0n) is 17.4. The standard InChI is InChI=1S/C21H31NO5S/c1-6-21(3,4)13-7-8-14-15(11-13)28-19(18(14)20(26)27-5)22-16(23)9-12(2)10-17(24)25/h12-13H,6-11H2,1-5H3,(H,22,23)(H,24,25)/t12-,13+/m0/s1. The zero-order chi connectivity index (χ0) is 21.1. The average Bonchev–Trinajstić information content (AvgIpc) is 2.96. The van der Waals surface area contributed by atoms with Crippen molar-refractivity contribution in [2.75, 3.05) is 12.4 Å². The Morgan fingerprint density at radius 2 is 2.00 bits per heavy atom. The second-order valence-electron chi connectivity index (χ2n) is 8.44. The van der Waals surface area contributed by atoms with Crippen molar-refractivity contribution < 1.29 is 24.2 Å². The topological polar surface area (TPSA) is 92.7 Å². The number of anilines is 1. The molecule has 0 bridgehead atoms. The molecular formula is C21H31NO5S. The quantitative estimate of drug-likeness (QED) is 0.616. The van der Waals surface area contributed by atoms with Gasteiger partial charge in [0.05, 0.1) is 12.7 Å². The summed E-state index contributed by atoms with van der Waals surface area (Å²) in [6.45, 7) is 8.49. The van der Waals surface area contributed by atoms with Crippen LogP contribution in [0.25, 0.3) is 0 Å². The summed E-state index contributed by atoms with van der Waals surface area (Å²) in [5.74, 6) is -1.37. The van der Waals surface area contributed by atoms with Gasteiger partial charge in [0.2, 0.25) is 5.91 Å². The van der Waals surface area contributed by atoms with Crippen molar-refractivity contribution in [2.24, 2.45) is 17.3 Å². The third-order valence-corrected chi connectivity index (χ3v) is 7.15. The highest BCUT2D eigenvalue weighted by atomic mass is 32.1. The number of carbonyl (C=O) groups is 3. The lowest BCUT2D eigenvalue weighted by molar-refractivity contribution is -0.138. The molecule has 0 unspecified atom stereocenters. The van der Waals surface area contributed by atoms with Crippen LogP contribution in [0.3, 0.4) is 0 Å². The van der Waals surface area contributed by atoms with E-state index in [4.69, 9.17) is 9.84 Å². The Labute approximate surface area is 170 Å². The number of amides is 1. The van der Waals surface area contributed by atoms with Crippen molar-refractivity contribution in [1.82, 2.24) is 0 Å². The molecule has 1 heterocycles. The first-order valence-electron chi connectivity index (χ1n) is 9.83. The summed E-state index contributed by atoms with van der Waals surface area (Å²) in [7, 11) is 1.35. The van der Waals surface area contributed by atoms with E-state index in [0.29, 0.717) is 16.5 Å². The first-order valence-corrected chi connectivity index (χ1v) is 10.6. The molecule has 1 amide bonds. The van der Waals surface area contributed by atoms with Crippen molar-refractivity contribution in [3.05, 3.63) is 16.0 Å². The maximum absolute atomic E-state index is 12.4. The lowest BCUT2D eigenvalue weighted by atomic mass is 9.69. The van der Waals surface area contributed by atoms with E-state index in [1.165, 1.54) is 18.4 Å². The number of aliphatic carboxylic acids is 1. The molecule has 156 valence electrons. The maximum Gasteiger partial charge on any atom is 0.341 e. The fourth-order valence-corrected chi connectivity index (χ4v) is 5.14. The molecule has 0 saturated heterocycles. The maximum atomic E-state index is 12.4. The number of hydrogen-bond acceptors (Lipinski definition) is 5. The van der Waals surface area contributed by atoms with E-state index in [0.717, 1.165) is 36.1 Å². The van der Waals surface area contributed by atoms with Gasteiger partial charge in [-0.05, 0) is 42.1 Å². The van der Waals surface area contributed by atoms with Crippen molar-refractivity contribution in [1.29, 1.82) is 0 Å². The summed E-state index contributed by atoms with van der Waals surface area (Å²) in [5, 5.41) is 12.2. The molecule has 0 aliphatic heterocycles. The van der Waals surface area contributed by atoms with Crippen LogP contribution in [-0.2, 0) is 27.2 Å². The first kappa shape index (κ1) is 22.4. The van der Waals surface area contributed by atoms with Crippen molar-refractivity contribution >= 4 is 34.2 Å².